The number of rotatable bonds is 5. The van der Waals surface area contributed by atoms with E-state index in [0.29, 0.717) is 23.1 Å². The van der Waals surface area contributed by atoms with E-state index in [4.69, 9.17) is 4.74 Å². The van der Waals surface area contributed by atoms with Gasteiger partial charge in [-0.3, -0.25) is 4.79 Å². The quantitative estimate of drug-likeness (QED) is 0.693. The Hall–Kier alpha value is -3.22. The third-order valence-electron chi connectivity index (χ3n) is 5.15. The van der Waals surface area contributed by atoms with E-state index in [1.165, 1.54) is 29.5 Å². The molecule has 0 amide bonds. The lowest BCUT2D eigenvalue weighted by Gasteiger charge is -2.15. The van der Waals surface area contributed by atoms with Crippen LogP contribution < -0.4 is 15.6 Å². The van der Waals surface area contributed by atoms with E-state index in [1.54, 1.807) is 38.4 Å². The first-order valence-corrected chi connectivity index (χ1v) is 9.75. The number of para-hydroxylation sites is 1. The summed E-state index contributed by atoms with van der Waals surface area (Å²) in [5.74, 6) is 0.267. The van der Waals surface area contributed by atoms with Crippen LogP contribution in [0.25, 0.3) is 11.3 Å². The standard InChI is InChI=1S/C22H23FN4O2/c1-14-6-5-9-17(23)21(14)29-22-25-18(15-10-11-20(28)27(2)13-15)12-19(26-22)24-16-7-3-4-8-16/h5-6,9-13,16H,3-4,7-8H2,1-2H3,(H,24,25,26). The largest absolute Gasteiger partial charge is 0.421 e. The molecular weight excluding hydrogens is 371 g/mol. The van der Waals surface area contributed by atoms with Crippen molar-refractivity contribution in [3.63, 3.8) is 0 Å². The molecule has 0 unspecified atom stereocenters. The molecule has 6 nitrogen and oxygen atoms in total. The average molecular weight is 394 g/mol. The highest BCUT2D eigenvalue weighted by Crippen LogP contribution is 2.30. The zero-order valence-electron chi connectivity index (χ0n) is 16.5. The Morgan fingerprint density at radius 3 is 2.69 bits per heavy atom. The number of hydrogen-bond acceptors (Lipinski definition) is 5. The number of benzene rings is 1. The third kappa shape index (κ3) is 4.29. The molecule has 29 heavy (non-hydrogen) atoms. The van der Waals surface area contributed by atoms with E-state index in [2.05, 4.69) is 15.3 Å². The van der Waals surface area contributed by atoms with E-state index in [9.17, 15) is 9.18 Å². The van der Waals surface area contributed by atoms with Gasteiger partial charge in [0.2, 0.25) is 5.56 Å². The van der Waals surface area contributed by atoms with E-state index in [-0.39, 0.29) is 17.3 Å². The van der Waals surface area contributed by atoms with E-state index >= 15 is 0 Å². The van der Waals surface area contributed by atoms with Crippen molar-refractivity contribution in [3.05, 3.63) is 64.3 Å². The minimum atomic E-state index is -0.466. The molecule has 1 fully saturated rings. The molecule has 0 spiro atoms. The summed E-state index contributed by atoms with van der Waals surface area (Å²) in [6.45, 7) is 1.77. The fourth-order valence-electron chi connectivity index (χ4n) is 3.55. The van der Waals surface area contributed by atoms with Gasteiger partial charge in [0.05, 0.1) is 5.69 Å². The van der Waals surface area contributed by atoms with Crippen LogP contribution in [0.2, 0.25) is 0 Å². The van der Waals surface area contributed by atoms with Crippen molar-refractivity contribution in [3.8, 4) is 23.0 Å². The number of aryl methyl sites for hydroxylation is 2. The first-order valence-electron chi connectivity index (χ1n) is 9.75. The average Bonchev–Trinajstić information content (AvgIpc) is 3.20. The Bertz CT molecular complexity index is 1070. The molecule has 3 aromatic rings. The molecule has 0 bridgehead atoms. The van der Waals surface area contributed by atoms with Gasteiger partial charge in [-0.1, -0.05) is 25.0 Å². The highest BCUT2D eigenvalue weighted by molar-refractivity contribution is 5.62. The number of ether oxygens (including phenoxy) is 1. The second-order valence-electron chi connectivity index (χ2n) is 7.40. The number of halogens is 1. The van der Waals surface area contributed by atoms with Crippen LogP contribution in [0, 0.1) is 12.7 Å². The summed E-state index contributed by atoms with van der Waals surface area (Å²) in [5.41, 5.74) is 1.90. The third-order valence-corrected chi connectivity index (χ3v) is 5.15. The molecule has 1 N–H and O–H groups in total. The predicted molar refractivity (Wildman–Crippen MR) is 110 cm³/mol. The molecule has 0 atom stereocenters. The number of nitrogens with one attached hydrogen (secondary N) is 1. The highest BCUT2D eigenvalue weighted by Gasteiger charge is 2.18. The van der Waals surface area contributed by atoms with Gasteiger partial charge in [0.1, 0.15) is 5.82 Å². The van der Waals surface area contributed by atoms with Gasteiger partial charge in [0, 0.05) is 37.0 Å². The molecule has 0 radical (unpaired) electrons. The maximum atomic E-state index is 14.3. The maximum absolute atomic E-state index is 14.3. The zero-order chi connectivity index (χ0) is 20.4. The number of nitrogens with zero attached hydrogens (tertiary/aromatic N) is 3. The second-order valence-corrected chi connectivity index (χ2v) is 7.40. The summed E-state index contributed by atoms with van der Waals surface area (Å²) in [7, 11) is 1.69. The van der Waals surface area contributed by atoms with Crippen molar-refractivity contribution in [1.29, 1.82) is 0 Å². The second kappa shape index (κ2) is 8.03. The molecule has 7 heteroatoms. The number of pyridine rings is 1. The predicted octanol–water partition coefficient (Wildman–Crippen LogP) is 4.44. The summed E-state index contributed by atoms with van der Waals surface area (Å²) in [6.07, 6.45) is 6.26. The SMILES string of the molecule is Cc1cccc(F)c1Oc1nc(NC2CCCC2)cc(-c2ccc(=O)n(C)c2)n1. The first-order chi connectivity index (χ1) is 14.0. The van der Waals surface area contributed by atoms with Crippen LogP contribution in [0.1, 0.15) is 31.2 Å². The normalized spacial score (nSPS) is 14.2. The fourth-order valence-corrected chi connectivity index (χ4v) is 3.55. The molecule has 2 aromatic heterocycles. The van der Waals surface area contributed by atoms with Crippen LogP contribution in [0.15, 0.2) is 47.4 Å². The van der Waals surface area contributed by atoms with Crippen molar-refractivity contribution < 1.29 is 9.13 Å². The van der Waals surface area contributed by atoms with Gasteiger partial charge in [0.15, 0.2) is 11.6 Å². The van der Waals surface area contributed by atoms with Gasteiger partial charge in [0.25, 0.3) is 0 Å². The molecule has 0 saturated heterocycles. The topological polar surface area (TPSA) is 69.0 Å². The number of hydrogen-bond donors (Lipinski definition) is 1. The highest BCUT2D eigenvalue weighted by atomic mass is 19.1. The van der Waals surface area contributed by atoms with Gasteiger partial charge in [-0.05, 0) is 37.5 Å². The lowest BCUT2D eigenvalue weighted by Crippen LogP contribution is -2.16. The smallest absolute Gasteiger partial charge is 0.324 e. The Labute approximate surface area is 168 Å². The van der Waals surface area contributed by atoms with E-state index in [1.807, 2.05) is 6.07 Å². The van der Waals surface area contributed by atoms with Crippen molar-refractivity contribution in [1.82, 2.24) is 14.5 Å². The van der Waals surface area contributed by atoms with Crippen molar-refractivity contribution in [2.24, 2.45) is 7.05 Å². The zero-order valence-corrected chi connectivity index (χ0v) is 16.5. The number of anilines is 1. The van der Waals surface area contributed by atoms with E-state index in [0.717, 1.165) is 18.4 Å². The molecule has 1 aliphatic rings. The number of aromatic nitrogens is 3. The van der Waals surface area contributed by atoms with Crippen LogP contribution in [-0.4, -0.2) is 20.6 Å². The van der Waals surface area contributed by atoms with E-state index < -0.39 is 5.82 Å². The Morgan fingerprint density at radius 1 is 1.17 bits per heavy atom. The van der Waals surface area contributed by atoms with Crippen molar-refractivity contribution >= 4 is 5.82 Å². The Kier molecular flexibility index (Phi) is 5.29. The molecule has 150 valence electrons. The fraction of sp³-hybridized carbons (Fsp3) is 0.318. The van der Waals surface area contributed by atoms with Gasteiger partial charge in [-0.25, -0.2) is 4.39 Å². The molecule has 4 rings (SSSR count). The molecule has 0 aliphatic heterocycles. The molecule has 2 heterocycles. The lowest BCUT2D eigenvalue weighted by atomic mass is 10.2. The molecular formula is C22H23FN4O2. The molecule has 1 aromatic carbocycles. The van der Waals surface area contributed by atoms with Gasteiger partial charge in [-0.15, -0.1) is 0 Å². The van der Waals surface area contributed by atoms with Crippen LogP contribution in [0.3, 0.4) is 0 Å². The van der Waals surface area contributed by atoms with Crippen LogP contribution in [0.4, 0.5) is 10.2 Å². The van der Waals surface area contributed by atoms with Gasteiger partial charge < -0.3 is 14.6 Å². The van der Waals surface area contributed by atoms with Crippen molar-refractivity contribution in [2.75, 3.05) is 5.32 Å². The summed E-state index contributed by atoms with van der Waals surface area (Å²) in [6, 6.07) is 10.2. The van der Waals surface area contributed by atoms with Crippen LogP contribution in [0.5, 0.6) is 11.8 Å². The summed E-state index contributed by atoms with van der Waals surface area (Å²) >= 11 is 0. The monoisotopic (exact) mass is 394 g/mol. The maximum Gasteiger partial charge on any atom is 0.324 e. The van der Waals surface area contributed by atoms with Gasteiger partial charge >= 0.3 is 6.01 Å². The minimum Gasteiger partial charge on any atom is -0.421 e. The Balaban J connectivity index is 1.74. The first kappa shape index (κ1) is 19.1. The molecule has 1 saturated carbocycles. The summed E-state index contributed by atoms with van der Waals surface area (Å²) < 4.78 is 21.5. The summed E-state index contributed by atoms with van der Waals surface area (Å²) in [4.78, 5) is 20.7. The minimum absolute atomic E-state index is 0.0602. The lowest BCUT2D eigenvalue weighted by molar-refractivity contribution is 0.409. The Morgan fingerprint density at radius 2 is 1.97 bits per heavy atom. The van der Waals surface area contributed by atoms with Crippen molar-refractivity contribution in [2.45, 2.75) is 38.6 Å². The van der Waals surface area contributed by atoms with Gasteiger partial charge in [-0.2, -0.15) is 9.97 Å². The molecule has 1 aliphatic carbocycles. The van der Waals surface area contributed by atoms with Crippen LogP contribution >= 0.6 is 0 Å². The summed E-state index contributed by atoms with van der Waals surface area (Å²) in [5, 5.41) is 3.44. The van der Waals surface area contributed by atoms with Crippen LogP contribution in [-0.2, 0) is 7.05 Å².